The van der Waals surface area contributed by atoms with Gasteiger partial charge >= 0.3 is 6.18 Å². The van der Waals surface area contributed by atoms with Crippen LogP contribution in [0.1, 0.15) is 99.8 Å². The fourth-order valence-corrected chi connectivity index (χ4v) is 7.34. The number of nitrogens with zero attached hydrogens (tertiary/aromatic N) is 2. The lowest BCUT2D eigenvalue weighted by Crippen LogP contribution is -2.42. The minimum atomic E-state index is -4.38. The van der Waals surface area contributed by atoms with Crippen molar-refractivity contribution < 1.29 is 22.7 Å². The SMILES string of the molecule is CCc1cc(C(F)(F)F)cnc1CCCCC(=O)[C@@]12CCC[C@@H]1C[C@@H](N[C@@H]1CCO[C@@H](c3ccccn3)C1)C2. The van der Waals surface area contributed by atoms with Crippen molar-refractivity contribution in [3.63, 3.8) is 0 Å². The maximum Gasteiger partial charge on any atom is 0.417 e. The largest absolute Gasteiger partial charge is 0.417 e. The molecule has 0 unspecified atom stereocenters. The Balaban J connectivity index is 1.13. The number of aryl methyl sites for hydroxylation is 2. The second-order valence-electron chi connectivity index (χ2n) is 11.7. The molecular weight excluding hydrogens is 503 g/mol. The normalized spacial score (nSPS) is 28.9. The number of ketones is 1. The number of rotatable bonds is 10. The van der Waals surface area contributed by atoms with Gasteiger partial charge in [-0.25, -0.2) is 0 Å². The second-order valence-corrected chi connectivity index (χ2v) is 11.7. The standard InChI is InChI=1S/C31H40F3N3O2/c1-2-21-16-23(31(32,33)34)20-36-26(21)9-3-4-11-29(38)30-13-7-8-22(30)17-25(19-30)37-24-12-15-39-28(18-24)27-10-5-6-14-35-27/h5-6,10,14,16,20,22,24-25,28,37H,2-4,7-9,11-13,15,17-19H2,1H3/t22-,24-,25-,28-,30-/m1/s1. The Bertz CT molecular complexity index is 1130. The van der Waals surface area contributed by atoms with Crippen LogP contribution in [0.15, 0.2) is 36.7 Å². The lowest BCUT2D eigenvalue weighted by atomic mass is 9.75. The first-order valence-corrected chi connectivity index (χ1v) is 14.7. The predicted octanol–water partition coefficient (Wildman–Crippen LogP) is 6.80. The molecule has 2 aromatic heterocycles. The predicted molar refractivity (Wildman–Crippen MR) is 143 cm³/mol. The van der Waals surface area contributed by atoms with Gasteiger partial charge in [0.05, 0.1) is 11.3 Å². The summed E-state index contributed by atoms with van der Waals surface area (Å²) in [6, 6.07) is 7.89. The van der Waals surface area contributed by atoms with Crippen LogP contribution in [0.3, 0.4) is 0 Å². The quantitative estimate of drug-likeness (QED) is 0.334. The van der Waals surface area contributed by atoms with Crippen molar-refractivity contribution in [2.24, 2.45) is 11.3 Å². The van der Waals surface area contributed by atoms with Crippen LogP contribution in [0.4, 0.5) is 13.2 Å². The number of nitrogens with one attached hydrogen (secondary N) is 1. The van der Waals surface area contributed by atoms with E-state index in [1.807, 2.05) is 31.3 Å². The number of hydrogen-bond donors (Lipinski definition) is 1. The summed E-state index contributed by atoms with van der Waals surface area (Å²) in [6.45, 7) is 2.57. The van der Waals surface area contributed by atoms with Gasteiger partial charge in [0, 0.05) is 48.6 Å². The molecule has 1 N–H and O–H groups in total. The third kappa shape index (κ3) is 6.37. The summed E-state index contributed by atoms with van der Waals surface area (Å²) in [6.07, 6.45) is 8.66. The van der Waals surface area contributed by atoms with Crippen molar-refractivity contribution in [3.8, 4) is 0 Å². The highest BCUT2D eigenvalue weighted by Gasteiger charge is 2.54. The molecule has 0 spiro atoms. The molecule has 0 amide bonds. The summed E-state index contributed by atoms with van der Waals surface area (Å²) in [5, 5.41) is 3.89. The molecule has 5 atom stereocenters. The first-order valence-electron chi connectivity index (χ1n) is 14.7. The maximum absolute atomic E-state index is 13.6. The van der Waals surface area contributed by atoms with E-state index in [4.69, 9.17) is 4.74 Å². The first-order chi connectivity index (χ1) is 18.8. The summed E-state index contributed by atoms with van der Waals surface area (Å²) in [5.41, 5.74) is 1.46. The van der Waals surface area contributed by atoms with E-state index in [1.54, 1.807) is 0 Å². The summed E-state index contributed by atoms with van der Waals surface area (Å²) < 4.78 is 45.1. The molecular formula is C31H40F3N3O2. The number of aromatic nitrogens is 2. The van der Waals surface area contributed by atoms with Gasteiger partial charge in [-0.05, 0) is 93.9 Å². The molecule has 8 heteroatoms. The van der Waals surface area contributed by atoms with E-state index >= 15 is 0 Å². The van der Waals surface area contributed by atoms with Crippen LogP contribution < -0.4 is 5.32 Å². The highest BCUT2D eigenvalue weighted by molar-refractivity contribution is 5.86. The van der Waals surface area contributed by atoms with Gasteiger partial charge in [0.2, 0.25) is 0 Å². The maximum atomic E-state index is 13.6. The topological polar surface area (TPSA) is 64.1 Å². The minimum Gasteiger partial charge on any atom is -0.372 e. The molecule has 39 heavy (non-hydrogen) atoms. The van der Waals surface area contributed by atoms with E-state index in [0.29, 0.717) is 55.2 Å². The zero-order chi connectivity index (χ0) is 27.5. The van der Waals surface area contributed by atoms with Gasteiger partial charge in [-0.3, -0.25) is 14.8 Å². The Morgan fingerprint density at radius 2 is 2.03 bits per heavy atom. The fourth-order valence-electron chi connectivity index (χ4n) is 7.34. The summed E-state index contributed by atoms with van der Waals surface area (Å²) in [7, 11) is 0. The number of fused-ring (bicyclic) bond motifs is 1. The van der Waals surface area contributed by atoms with Gasteiger partial charge < -0.3 is 10.1 Å². The summed E-state index contributed by atoms with van der Waals surface area (Å²) in [5.74, 6) is 0.848. The van der Waals surface area contributed by atoms with Crippen LogP contribution in [0, 0.1) is 11.3 Å². The van der Waals surface area contributed by atoms with Crippen molar-refractivity contribution in [3.05, 3.63) is 59.2 Å². The van der Waals surface area contributed by atoms with E-state index in [1.165, 1.54) is 6.07 Å². The van der Waals surface area contributed by atoms with E-state index in [0.717, 1.165) is 75.4 Å². The Labute approximate surface area is 229 Å². The summed E-state index contributed by atoms with van der Waals surface area (Å²) in [4.78, 5) is 22.2. The van der Waals surface area contributed by atoms with Crippen LogP contribution in [0.25, 0.3) is 0 Å². The van der Waals surface area contributed by atoms with Gasteiger partial charge in [0.15, 0.2) is 0 Å². The molecule has 3 fully saturated rings. The molecule has 212 valence electrons. The average molecular weight is 544 g/mol. The number of Topliss-reactive ketones (excluding diaryl/α,β-unsaturated/α-hetero) is 1. The Hall–Kier alpha value is -2.32. The van der Waals surface area contributed by atoms with Crippen LogP contribution >= 0.6 is 0 Å². The number of halogens is 3. The third-order valence-electron chi connectivity index (χ3n) is 9.30. The van der Waals surface area contributed by atoms with Gasteiger partial charge in [0.25, 0.3) is 0 Å². The fraction of sp³-hybridized carbons (Fsp3) is 0.645. The number of alkyl halides is 3. The molecule has 1 saturated heterocycles. The highest BCUT2D eigenvalue weighted by atomic mass is 19.4. The zero-order valence-electron chi connectivity index (χ0n) is 22.8. The van der Waals surface area contributed by atoms with Gasteiger partial charge in [-0.1, -0.05) is 19.4 Å². The van der Waals surface area contributed by atoms with E-state index in [2.05, 4.69) is 15.3 Å². The monoisotopic (exact) mass is 543 g/mol. The first kappa shape index (κ1) is 28.2. The van der Waals surface area contributed by atoms with Crippen molar-refractivity contribution in [1.29, 1.82) is 0 Å². The zero-order valence-corrected chi connectivity index (χ0v) is 22.8. The van der Waals surface area contributed by atoms with Crippen LogP contribution in [0.2, 0.25) is 0 Å². The van der Waals surface area contributed by atoms with Crippen molar-refractivity contribution in [2.45, 2.75) is 108 Å². The van der Waals surface area contributed by atoms with Gasteiger partial charge in [-0.2, -0.15) is 13.2 Å². The van der Waals surface area contributed by atoms with Crippen LogP contribution in [-0.2, 0) is 28.5 Å². The lowest BCUT2D eigenvalue weighted by molar-refractivity contribution is -0.138. The Morgan fingerprint density at radius 1 is 1.15 bits per heavy atom. The molecule has 2 saturated carbocycles. The number of pyridine rings is 2. The molecule has 2 aliphatic carbocycles. The van der Waals surface area contributed by atoms with E-state index in [-0.39, 0.29) is 11.5 Å². The van der Waals surface area contributed by atoms with Crippen LogP contribution in [0.5, 0.6) is 0 Å². The van der Waals surface area contributed by atoms with Crippen LogP contribution in [-0.4, -0.2) is 34.4 Å². The number of hydrogen-bond acceptors (Lipinski definition) is 5. The van der Waals surface area contributed by atoms with E-state index < -0.39 is 11.7 Å². The molecule has 3 aliphatic rings. The van der Waals surface area contributed by atoms with Crippen molar-refractivity contribution >= 4 is 5.78 Å². The Kier molecular flexibility index (Phi) is 8.72. The van der Waals surface area contributed by atoms with E-state index in [9.17, 15) is 18.0 Å². The number of carbonyl (C=O) groups excluding carboxylic acids is 1. The number of unbranched alkanes of at least 4 members (excludes halogenated alkanes) is 1. The van der Waals surface area contributed by atoms with Gasteiger partial charge in [-0.15, -0.1) is 0 Å². The smallest absolute Gasteiger partial charge is 0.372 e. The molecule has 0 aromatic carbocycles. The molecule has 0 radical (unpaired) electrons. The molecule has 5 rings (SSSR count). The molecule has 0 bridgehead atoms. The molecule has 3 heterocycles. The summed E-state index contributed by atoms with van der Waals surface area (Å²) >= 11 is 0. The molecule has 1 aliphatic heterocycles. The highest BCUT2D eigenvalue weighted by Crippen LogP contribution is 2.55. The lowest BCUT2D eigenvalue weighted by Gasteiger charge is -2.32. The van der Waals surface area contributed by atoms with Crippen molar-refractivity contribution in [1.82, 2.24) is 15.3 Å². The average Bonchev–Trinajstić information content (AvgIpc) is 3.49. The molecule has 2 aromatic rings. The molecule has 5 nitrogen and oxygen atoms in total. The van der Waals surface area contributed by atoms with Crippen molar-refractivity contribution in [2.75, 3.05) is 6.61 Å². The van der Waals surface area contributed by atoms with Gasteiger partial charge in [0.1, 0.15) is 11.9 Å². The number of carbonyl (C=O) groups is 1. The second kappa shape index (κ2) is 12.0. The Morgan fingerprint density at radius 3 is 2.79 bits per heavy atom. The minimum absolute atomic E-state index is 0.0151. The number of ether oxygens (including phenoxy) is 1. The third-order valence-corrected chi connectivity index (χ3v) is 9.30.